The van der Waals surface area contributed by atoms with Crippen LogP contribution in [0.15, 0.2) is 52.3 Å². The fourth-order valence-corrected chi connectivity index (χ4v) is 8.84. The number of amides is 1. The van der Waals surface area contributed by atoms with Crippen LogP contribution in [0.25, 0.3) is 10.9 Å². The highest BCUT2D eigenvalue weighted by molar-refractivity contribution is 6.30. The number of aliphatic imine (C=N–C) groups is 1. The number of hydrogen-bond acceptors (Lipinski definition) is 5. The highest BCUT2D eigenvalue weighted by Crippen LogP contribution is 2.61. The van der Waals surface area contributed by atoms with Gasteiger partial charge in [-0.1, -0.05) is 44.5 Å². The molecule has 1 amide bonds. The number of benzene rings is 2. The lowest BCUT2D eigenvalue weighted by atomic mass is 9.45. The standard InChI is InChI=1S/C37H48ClN7O2/c1-22-20-44(21-33(46)40-22)36(43-31-18-26-17-30(23(31)2)37(26,3)4)41-28-9-10-29-32(19-28)42-34(25-11-14-39-15-12-25)45(35(29)47)16-13-24-5-7-27(38)8-6-24/h5-10,19,22-23,25-26,30-31,39H,11-18,20-21H2,1-4H3,(H,40,46)(H,41,43)/t22-,23+,26-,30-,31-/m0/s1. The van der Waals surface area contributed by atoms with Crippen molar-refractivity contribution in [2.24, 2.45) is 28.2 Å². The maximum Gasteiger partial charge on any atom is 0.261 e. The molecule has 5 aliphatic rings. The number of rotatable bonds is 6. The van der Waals surface area contributed by atoms with Crippen molar-refractivity contribution in [1.82, 2.24) is 30.4 Å². The first-order valence-electron chi connectivity index (χ1n) is 17.5. The van der Waals surface area contributed by atoms with E-state index >= 15 is 0 Å². The second-order valence-electron chi connectivity index (χ2n) is 15.0. The predicted molar refractivity (Wildman–Crippen MR) is 188 cm³/mol. The molecular formula is C37H48ClN7O2. The summed E-state index contributed by atoms with van der Waals surface area (Å²) in [6.07, 6.45) is 5.01. The Hall–Kier alpha value is -3.43. The van der Waals surface area contributed by atoms with E-state index in [1.54, 1.807) is 0 Å². The number of guanidine groups is 1. The van der Waals surface area contributed by atoms with Crippen LogP contribution in [0.3, 0.4) is 0 Å². The Kier molecular flexibility index (Phi) is 8.81. The van der Waals surface area contributed by atoms with Crippen LogP contribution in [0, 0.1) is 23.2 Å². The average molecular weight is 658 g/mol. The molecule has 1 aromatic heterocycles. The summed E-state index contributed by atoms with van der Waals surface area (Å²) >= 11 is 6.12. The van der Waals surface area contributed by atoms with Crippen LogP contribution in [0.1, 0.15) is 70.7 Å². The van der Waals surface area contributed by atoms with Crippen molar-refractivity contribution in [1.29, 1.82) is 0 Å². The number of hydrogen-bond donors (Lipinski definition) is 3. The zero-order valence-corrected chi connectivity index (χ0v) is 28.8. The van der Waals surface area contributed by atoms with Crippen LogP contribution in [-0.4, -0.2) is 64.6 Å². The minimum Gasteiger partial charge on any atom is -0.353 e. The first-order chi connectivity index (χ1) is 22.6. The third kappa shape index (κ3) is 6.41. The average Bonchev–Trinajstić information content (AvgIpc) is 3.05. The molecule has 3 saturated carbocycles. The van der Waals surface area contributed by atoms with Crippen molar-refractivity contribution >= 4 is 40.1 Å². The van der Waals surface area contributed by atoms with Gasteiger partial charge in [-0.2, -0.15) is 0 Å². The lowest BCUT2D eigenvalue weighted by molar-refractivity contribution is -0.124. The number of aryl methyl sites for hydroxylation is 1. The summed E-state index contributed by atoms with van der Waals surface area (Å²) in [6, 6.07) is 13.9. The molecule has 9 nitrogen and oxygen atoms in total. The van der Waals surface area contributed by atoms with Gasteiger partial charge in [0, 0.05) is 36.1 Å². The predicted octanol–water partition coefficient (Wildman–Crippen LogP) is 5.23. The molecule has 10 heteroatoms. The quantitative estimate of drug-likeness (QED) is 0.248. The van der Waals surface area contributed by atoms with Gasteiger partial charge in [0.1, 0.15) is 5.82 Å². The summed E-state index contributed by atoms with van der Waals surface area (Å²) in [7, 11) is 0. The molecule has 3 N–H and O–H groups in total. The van der Waals surface area contributed by atoms with Crippen molar-refractivity contribution in [3.63, 3.8) is 0 Å². The second-order valence-corrected chi connectivity index (χ2v) is 15.5. The maximum absolute atomic E-state index is 14.1. The van der Waals surface area contributed by atoms with E-state index in [0.29, 0.717) is 58.2 Å². The van der Waals surface area contributed by atoms with Crippen molar-refractivity contribution in [2.75, 3.05) is 26.2 Å². The Morgan fingerprint density at radius 2 is 1.85 bits per heavy atom. The van der Waals surface area contributed by atoms with Gasteiger partial charge in [-0.05, 0) is 111 Å². The van der Waals surface area contributed by atoms with Gasteiger partial charge in [-0.15, -0.1) is 0 Å². The summed E-state index contributed by atoms with van der Waals surface area (Å²) in [4.78, 5) is 39.2. The van der Waals surface area contributed by atoms with E-state index < -0.39 is 0 Å². The molecule has 3 aliphatic carbocycles. The molecule has 3 heterocycles. The van der Waals surface area contributed by atoms with Crippen LogP contribution in [0.2, 0.25) is 5.02 Å². The number of carbonyl (C=O) groups excluding carboxylic acids is 1. The van der Waals surface area contributed by atoms with Gasteiger partial charge in [0.15, 0.2) is 5.96 Å². The summed E-state index contributed by atoms with van der Waals surface area (Å²) in [5, 5.41) is 11.6. The SMILES string of the molecule is C[C@H]1[C@@H](NC(=Nc2ccc3c(=O)n(CCc4ccc(Cl)cc4)c(C4CCNCC4)nc3c2)N2CC(=O)N[C@@H](C)C2)C[C@@H]2C[C@@H]1C2(C)C. The van der Waals surface area contributed by atoms with E-state index in [1.165, 1.54) is 6.42 Å². The highest BCUT2D eigenvalue weighted by Gasteiger charge is 2.56. The van der Waals surface area contributed by atoms with E-state index in [2.05, 4.69) is 41.6 Å². The molecule has 2 aromatic carbocycles. The molecule has 5 atom stereocenters. The molecule has 2 saturated heterocycles. The first-order valence-corrected chi connectivity index (χ1v) is 17.8. The number of halogens is 1. The molecule has 0 radical (unpaired) electrons. The fraction of sp³-hybridized carbons (Fsp3) is 0.568. The number of nitrogens with one attached hydrogen (secondary N) is 3. The molecule has 47 heavy (non-hydrogen) atoms. The van der Waals surface area contributed by atoms with Crippen molar-refractivity contribution in [3.05, 3.63) is 69.2 Å². The number of piperidine rings is 1. The normalized spacial score (nSPS) is 27.8. The van der Waals surface area contributed by atoms with Crippen LogP contribution >= 0.6 is 11.6 Å². The minimum atomic E-state index is -0.00855. The molecule has 2 aliphatic heterocycles. The van der Waals surface area contributed by atoms with E-state index in [9.17, 15) is 9.59 Å². The molecule has 0 spiro atoms. The van der Waals surface area contributed by atoms with Crippen molar-refractivity contribution in [3.8, 4) is 0 Å². The summed E-state index contributed by atoms with van der Waals surface area (Å²) < 4.78 is 1.90. The number of nitrogens with zero attached hydrogens (tertiary/aromatic N) is 4. The Morgan fingerprint density at radius 1 is 1.09 bits per heavy atom. The monoisotopic (exact) mass is 657 g/mol. The Bertz CT molecular complexity index is 1730. The van der Waals surface area contributed by atoms with E-state index in [1.807, 2.05) is 54.0 Å². The van der Waals surface area contributed by atoms with Crippen molar-refractivity contribution in [2.45, 2.75) is 84.3 Å². The smallest absolute Gasteiger partial charge is 0.261 e. The lowest BCUT2D eigenvalue weighted by Crippen LogP contribution is -2.63. The van der Waals surface area contributed by atoms with Crippen molar-refractivity contribution < 1.29 is 4.79 Å². The Labute approximate surface area is 282 Å². The van der Waals surface area contributed by atoms with Crippen LogP contribution in [-0.2, 0) is 17.8 Å². The van der Waals surface area contributed by atoms with Gasteiger partial charge < -0.3 is 20.9 Å². The summed E-state index contributed by atoms with van der Waals surface area (Å²) in [5.41, 5.74) is 2.91. The van der Waals surface area contributed by atoms with Crippen LogP contribution in [0.5, 0.6) is 0 Å². The molecule has 3 aromatic rings. The van der Waals surface area contributed by atoms with Gasteiger partial charge in [-0.3, -0.25) is 14.2 Å². The molecule has 250 valence electrons. The number of fused-ring (bicyclic) bond motifs is 3. The van der Waals surface area contributed by atoms with Gasteiger partial charge >= 0.3 is 0 Å². The largest absolute Gasteiger partial charge is 0.353 e. The third-order valence-electron chi connectivity index (χ3n) is 11.6. The fourth-order valence-electron chi connectivity index (χ4n) is 8.71. The van der Waals surface area contributed by atoms with Gasteiger partial charge in [0.05, 0.1) is 23.1 Å². The Balaban J connectivity index is 1.24. The topological polar surface area (TPSA) is 104 Å². The van der Waals surface area contributed by atoms with Crippen LogP contribution < -0.4 is 21.5 Å². The maximum atomic E-state index is 14.1. The molecule has 8 rings (SSSR count). The molecule has 2 bridgehead atoms. The second kappa shape index (κ2) is 12.9. The van der Waals surface area contributed by atoms with Gasteiger partial charge in [0.25, 0.3) is 5.56 Å². The highest BCUT2D eigenvalue weighted by atomic mass is 35.5. The first kappa shape index (κ1) is 32.1. The van der Waals surface area contributed by atoms with Gasteiger partial charge in [0.2, 0.25) is 5.91 Å². The molecule has 0 unspecified atom stereocenters. The van der Waals surface area contributed by atoms with Crippen LogP contribution in [0.4, 0.5) is 5.69 Å². The van der Waals surface area contributed by atoms with Gasteiger partial charge in [-0.25, -0.2) is 9.98 Å². The number of carbonyl (C=O) groups is 1. The van der Waals surface area contributed by atoms with E-state index in [-0.39, 0.29) is 30.0 Å². The lowest BCUT2D eigenvalue weighted by Gasteiger charge is -2.62. The third-order valence-corrected chi connectivity index (χ3v) is 11.9. The minimum absolute atomic E-state index is 0.00451. The number of piperazine rings is 1. The Morgan fingerprint density at radius 3 is 2.55 bits per heavy atom. The molecule has 5 fully saturated rings. The summed E-state index contributed by atoms with van der Waals surface area (Å²) in [6.45, 7) is 12.5. The molecular weight excluding hydrogens is 610 g/mol. The zero-order chi connectivity index (χ0) is 32.9. The summed E-state index contributed by atoms with van der Waals surface area (Å²) in [5.74, 6) is 3.70. The van der Waals surface area contributed by atoms with E-state index in [0.717, 1.165) is 61.8 Å². The number of aromatic nitrogens is 2. The zero-order valence-electron chi connectivity index (χ0n) is 28.1. The van der Waals surface area contributed by atoms with E-state index in [4.69, 9.17) is 21.6 Å².